The third-order valence-corrected chi connectivity index (χ3v) is 2.24. The summed E-state index contributed by atoms with van der Waals surface area (Å²) in [5, 5.41) is 19.8. The highest BCUT2D eigenvalue weighted by molar-refractivity contribution is 5.75. The van der Waals surface area contributed by atoms with Crippen molar-refractivity contribution < 1.29 is 19.8 Å². The number of carboxylic acids is 1. The Morgan fingerprint density at radius 3 is 2.50 bits per heavy atom. The van der Waals surface area contributed by atoms with Crippen LogP contribution in [0.5, 0.6) is 0 Å². The van der Waals surface area contributed by atoms with Gasteiger partial charge in [0.15, 0.2) is 0 Å². The van der Waals surface area contributed by atoms with Crippen molar-refractivity contribution in [2.45, 2.75) is 20.3 Å². The lowest BCUT2D eigenvalue weighted by Gasteiger charge is -2.21. The summed E-state index contributed by atoms with van der Waals surface area (Å²) >= 11 is 0. The van der Waals surface area contributed by atoms with Crippen molar-refractivity contribution in [2.75, 3.05) is 26.2 Å². The number of carboxylic acid groups (broad SMARTS) is 1. The first-order valence-corrected chi connectivity index (χ1v) is 5.39. The van der Waals surface area contributed by atoms with E-state index in [1.165, 1.54) is 11.8 Å². The minimum Gasteiger partial charge on any atom is -0.481 e. The normalized spacial score (nSPS) is 11.9. The van der Waals surface area contributed by atoms with Crippen LogP contribution in [0.1, 0.15) is 20.3 Å². The Hall–Kier alpha value is -1.30. The molecule has 6 nitrogen and oxygen atoms in total. The van der Waals surface area contributed by atoms with Gasteiger partial charge < -0.3 is 20.4 Å². The lowest BCUT2D eigenvalue weighted by Crippen LogP contribution is -2.43. The molecule has 0 aromatic heterocycles. The lowest BCUT2D eigenvalue weighted by atomic mass is 10.2. The number of aliphatic carboxylic acids is 1. The van der Waals surface area contributed by atoms with E-state index in [0.29, 0.717) is 19.5 Å². The Balaban J connectivity index is 3.96. The molecule has 0 spiro atoms. The number of hydrogen-bond acceptors (Lipinski definition) is 3. The second-order valence-corrected chi connectivity index (χ2v) is 3.58. The van der Waals surface area contributed by atoms with Crippen LogP contribution >= 0.6 is 0 Å². The Morgan fingerprint density at radius 1 is 1.44 bits per heavy atom. The molecule has 1 atom stereocenters. The molecule has 16 heavy (non-hydrogen) atoms. The van der Waals surface area contributed by atoms with Gasteiger partial charge in [-0.15, -0.1) is 0 Å². The first kappa shape index (κ1) is 14.7. The van der Waals surface area contributed by atoms with E-state index in [4.69, 9.17) is 10.2 Å². The largest absolute Gasteiger partial charge is 0.481 e. The fourth-order valence-electron chi connectivity index (χ4n) is 1.10. The van der Waals surface area contributed by atoms with Crippen LogP contribution in [0.3, 0.4) is 0 Å². The Labute approximate surface area is 95.2 Å². The molecule has 0 aliphatic carbocycles. The molecule has 0 aromatic rings. The Kier molecular flexibility index (Phi) is 7.28. The number of hydrogen-bond donors (Lipinski definition) is 3. The molecule has 0 saturated carbocycles. The predicted molar refractivity (Wildman–Crippen MR) is 59.1 cm³/mol. The van der Waals surface area contributed by atoms with E-state index in [1.54, 1.807) is 0 Å². The number of urea groups is 1. The van der Waals surface area contributed by atoms with Crippen LogP contribution in [0.15, 0.2) is 0 Å². The van der Waals surface area contributed by atoms with Gasteiger partial charge in [0.25, 0.3) is 0 Å². The summed E-state index contributed by atoms with van der Waals surface area (Å²) in [5.41, 5.74) is 0. The molecule has 0 aliphatic rings. The van der Waals surface area contributed by atoms with Gasteiger partial charge in [-0.05, 0) is 13.3 Å². The molecular formula is C10H20N2O4. The van der Waals surface area contributed by atoms with Crippen molar-refractivity contribution in [1.82, 2.24) is 10.2 Å². The number of aliphatic hydroxyl groups excluding tert-OH is 1. The van der Waals surface area contributed by atoms with Gasteiger partial charge in [-0.1, -0.05) is 6.92 Å². The summed E-state index contributed by atoms with van der Waals surface area (Å²) < 4.78 is 0. The predicted octanol–water partition coefficient (Wildman–Crippen LogP) is 0.121. The van der Waals surface area contributed by atoms with E-state index in [1.807, 2.05) is 6.92 Å². The van der Waals surface area contributed by atoms with Crippen molar-refractivity contribution in [3.63, 3.8) is 0 Å². The minimum absolute atomic E-state index is 0.0370. The average Bonchev–Trinajstić information content (AvgIpc) is 2.26. The zero-order valence-electron chi connectivity index (χ0n) is 9.77. The summed E-state index contributed by atoms with van der Waals surface area (Å²) in [5.74, 6) is -1.53. The topological polar surface area (TPSA) is 89.9 Å². The van der Waals surface area contributed by atoms with Crippen LogP contribution in [0.25, 0.3) is 0 Å². The molecule has 1 unspecified atom stereocenters. The van der Waals surface area contributed by atoms with Gasteiger partial charge in [-0.25, -0.2) is 4.79 Å². The number of nitrogens with one attached hydrogen (secondary N) is 1. The fourth-order valence-corrected chi connectivity index (χ4v) is 1.10. The molecule has 94 valence electrons. The monoisotopic (exact) mass is 232 g/mol. The van der Waals surface area contributed by atoms with Crippen LogP contribution < -0.4 is 5.32 Å². The van der Waals surface area contributed by atoms with Crippen molar-refractivity contribution in [3.05, 3.63) is 0 Å². The molecule has 0 aliphatic heterocycles. The van der Waals surface area contributed by atoms with Crippen molar-refractivity contribution in [2.24, 2.45) is 5.92 Å². The van der Waals surface area contributed by atoms with E-state index < -0.39 is 11.9 Å². The molecule has 0 bridgehead atoms. The van der Waals surface area contributed by atoms with Gasteiger partial charge >= 0.3 is 12.0 Å². The summed E-state index contributed by atoms with van der Waals surface area (Å²) in [6.45, 7) is 4.52. The fraction of sp³-hybridized carbons (Fsp3) is 0.800. The van der Waals surface area contributed by atoms with Gasteiger partial charge in [-0.2, -0.15) is 0 Å². The first-order valence-electron chi connectivity index (χ1n) is 5.39. The summed E-state index contributed by atoms with van der Waals surface area (Å²) in [6.07, 6.45) is 0.524. The van der Waals surface area contributed by atoms with Crippen LogP contribution in [-0.2, 0) is 4.79 Å². The lowest BCUT2D eigenvalue weighted by molar-refractivity contribution is -0.140. The van der Waals surface area contributed by atoms with Crippen molar-refractivity contribution in [1.29, 1.82) is 0 Å². The molecule has 3 N–H and O–H groups in total. The minimum atomic E-state index is -0.932. The standard InChI is InChI=1S/C10H20N2O4/c1-3-12(5-4-6-13)10(16)11-7-8(2)9(14)15/h8,13H,3-7H2,1-2H3,(H,11,16)(H,14,15). The van der Waals surface area contributed by atoms with Gasteiger partial charge in [0.2, 0.25) is 0 Å². The van der Waals surface area contributed by atoms with Gasteiger partial charge in [0, 0.05) is 26.2 Å². The van der Waals surface area contributed by atoms with Crippen LogP contribution in [0.4, 0.5) is 4.79 Å². The van der Waals surface area contributed by atoms with E-state index in [0.717, 1.165) is 0 Å². The van der Waals surface area contributed by atoms with Gasteiger partial charge in [0.05, 0.1) is 5.92 Å². The molecule has 0 aromatic carbocycles. The quantitative estimate of drug-likeness (QED) is 0.581. The molecule has 0 fully saturated rings. The molecule has 0 rings (SSSR count). The van der Waals surface area contributed by atoms with E-state index >= 15 is 0 Å². The van der Waals surface area contributed by atoms with E-state index in [9.17, 15) is 9.59 Å². The number of rotatable bonds is 7. The summed E-state index contributed by atoms with van der Waals surface area (Å²) in [7, 11) is 0. The first-order chi connectivity index (χ1) is 7.52. The van der Waals surface area contributed by atoms with E-state index in [-0.39, 0.29) is 19.2 Å². The number of aliphatic hydroxyl groups is 1. The van der Waals surface area contributed by atoms with Crippen LogP contribution in [0, 0.1) is 5.92 Å². The second-order valence-electron chi connectivity index (χ2n) is 3.58. The molecular weight excluding hydrogens is 212 g/mol. The van der Waals surface area contributed by atoms with Crippen LogP contribution in [-0.4, -0.2) is 53.4 Å². The van der Waals surface area contributed by atoms with E-state index in [2.05, 4.69) is 5.32 Å². The van der Waals surface area contributed by atoms with Crippen molar-refractivity contribution in [3.8, 4) is 0 Å². The number of nitrogens with zero attached hydrogens (tertiary/aromatic N) is 1. The zero-order valence-corrected chi connectivity index (χ0v) is 9.77. The maximum atomic E-state index is 11.5. The SMILES string of the molecule is CCN(CCCO)C(=O)NCC(C)C(=O)O. The third-order valence-electron chi connectivity index (χ3n) is 2.24. The van der Waals surface area contributed by atoms with Gasteiger partial charge in [0.1, 0.15) is 0 Å². The molecule has 0 saturated heterocycles. The third kappa shape index (κ3) is 5.55. The Bertz CT molecular complexity index is 233. The number of carbonyl (C=O) groups is 2. The van der Waals surface area contributed by atoms with Crippen LogP contribution in [0.2, 0.25) is 0 Å². The molecule has 2 amide bonds. The molecule has 6 heteroatoms. The molecule has 0 heterocycles. The summed E-state index contributed by atoms with van der Waals surface area (Å²) in [4.78, 5) is 23.6. The highest BCUT2D eigenvalue weighted by Crippen LogP contribution is 1.95. The average molecular weight is 232 g/mol. The maximum absolute atomic E-state index is 11.5. The maximum Gasteiger partial charge on any atom is 0.317 e. The smallest absolute Gasteiger partial charge is 0.317 e. The van der Waals surface area contributed by atoms with Crippen molar-refractivity contribution >= 4 is 12.0 Å². The second kappa shape index (κ2) is 7.92. The Morgan fingerprint density at radius 2 is 2.06 bits per heavy atom. The highest BCUT2D eigenvalue weighted by Gasteiger charge is 2.15. The highest BCUT2D eigenvalue weighted by atomic mass is 16.4. The molecule has 0 radical (unpaired) electrons. The number of amides is 2. The zero-order chi connectivity index (χ0) is 12.6. The number of carbonyl (C=O) groups excluding carboxylic acids is 1. The van der Waals surface area contributed by atoms with Gasteiger partial charge in [-0.3, -0.25) is 4.79 Å². The summed E-state index contributed by atoms with van der Waals surface area (Å²) in [6, 6.07) is -0.288.